The number of ether oxygens (including phenoxy) is 1. The first-order valence-electron chi connectivity index (χ1n) is 10.3. The molecule has 0 unspecified atom stereocenters. The van der Waals surface area contributed by atoms with Crippen molar-refractivity contribution in [1.82, 2.24) is 15.4 Å². The van der Waals surface area contributed by atoms with E-state index in [9.17, 15) is 9.59 Å². The lowest BCUT2D eigenvalue weighted by Crippen LogP contribution is -2.35. The van der Waals surface area contributed by atoms with Crippen LogP contribution in [0.2, 0.25) is 0 Å². The van der Waals surface area contributed by atoms with Crippen molar-refractivity contribution in [2.45, 2.75) is 19.5 Å². The molecule has 1 N–H and O–H groups in total. The molecule has 0 radical (unpaired) electrons. The largest absolute Gasteiger partial charge is 0.497 e. The number of aromatic nitrogens is 1. The molecule has 0 fully saturated rings. The van der Waals surface area contributed by atoms with E-state index in [0.717, 1.165) is 5.56 Å². The maximum absolute atomic E-state index is 13.2. The fourth-order valence-corrected chi connectivity index (χ4v) is 3.20. The molecular formula is C24H23N3O6. The Kier molecular flexibility index (Phi) is 6.89. The summed E-state index contributed by atoms with van der Waals surface area (Å²) in [5.74, 6) is 1.84. The molecule has 0 saturated heterocycles. The molecule has 9 heteroatoms. The number of methoxy groups -OCH3 is 1. The summed E-state index contributed by atoms with van der Waals surface area (Å²) in [5, 5.41) is 6.72. The number of carbonyl (C=O) groups excluding carboxylic acids is 2. The van der Waals surface area contributed by atoms with Crippen molar-refractivity contribution in [3.05, 3.63) is 84.3 Å². The van der Waals surface area contributed by atoms with E-state index in [1.807, 2.05) is 12.1 Å². The molecule has 0 saturated carbocycles. The standard InChI is InChI=1S/C24H23N3O6/c1-30-18-8-6-17(7-9-18)22-14-21(26-33-22)24(29)27(16-20-5-3-13-32-20)11-10-23(28)25-15-19-4-2-12-31-19/h2-9,12-14H,10-11,15-16H2,1H3,(H,25,28). The first-order valence-corrected chi connectivity index (χ1v) is 10.3. The first kappa shape index (κ1) is 21.9. The first-order chi connectivity index (χ1) is 16.1. The smallest absolute Gasteiger partial charge is 0.276 e. The van der Waals surface area contributed by atoms with Crippen LogP contribution >= 0.6 is 0 Å². The van der Waals surface area contributed by atoms with Crippen LogP contribution in [0, 0.1) is 0 Å². The lowest BCUT2D eigenvalue weighted by Gasteiger charge is -2.20. The molecule has 3 aromatic heterocycles. The van der Waals surface area contributed by atoms with Crippen LogP contribution in [0.25, 0.3) is 11.3 Å². The van der Waals surface area contributed by atoms with Gasteiger partial charge in [-0.15, -0.1) is 0 Å². The number of rotatable bonds is 10. The highest BCUT2D eigenvalue weighted by Gasteiger charge is 2.22. The van der Waals surface area contributed by atoms with Gasteiger partial charge in [0, 0.05) is 24.6 Å². The monoisotopic (exact) mass is 449 g/mol. The quantitative estimate of drug-likeness (QED) is 0.391. The van der Waals surface area contributed by atoms with Crippen LogP contribution in [-0.2, 0) is 17.9 Å². The van der Waals surface area contributed by atoms with Gasteiger partial charge < -0.3 is 28.3 Å². The van der Waals surface area contributed by atoms with Gasteiger partial charge in [-0.25, -0.2) is 0 Å². The molecule has 4 aromatic rings. The summed E-state index contributed by atoms with van der Waals surface area (Å²) in [6.45, 7) is 0.656. The number of benzene rings is 1. The average Bonchev–Trinajstić information content (AvgIpc) is 3.63. The summed E-state index contributed by atoms with van der Waals surface area (Å²) in [7, 11) is 1.59. The minimum Gasteiger partial charge on any atom is -0.497 e. The van der Waals surface area contributed by atoms with Gasteiger partial charge in [-0.05, 0) is 48.5 Å². The molecule has 33 heavy (non-hydrogen) atoms. The molecule has 0 bridgehead atoms. The van der Waals surface area contributed by atoms with Gasteiger partial charge in [0.05, 0.1) is 32.7 Å². The molecule has 0 spiro atoms. The maximum Gasteiger partial charge on any atom is 0.276 e. The average molecular weight is 449 g/mol. The second-order valence-electron chi connectivity index (χ2n) is 7.22. The SMILES string of the molecule is COc1ccc(-c2cc(C(=O)N(CCC(=O)NCc3ccco3)Cc3ccco3)no2)cc1. The Balaban J connectivity index is 1.42. The van der Waals surface area contributed by atoms with Crippen molar-refractivity contribution in [2.75, 3.05) is 13.7 Å². The third-order valence-electron chi connectivity index (χ3n) is 4.97. The Morgan fingerprint density at radius 2 is 1.76 bits per heavy atom. The summed E-state index contributed by atoms with van der Waals surface area (Å²) in [4.78, 5) is 27.0. The normalized spacial score (nSPS) is 10.7. The molecule has 1 aromatic carbocycles. The van der Waals surface area contributed by atoms with Crippen molar-refractivity contribution >= 4 is 11.8 Å². The van der Waals surface area contributed by atoms with Crippen LogP contribution in [0.1, 0.15) is 28.4 Å². The number of carbonyl (C=O) groups is 2. The van der Waals surface area contributed by atoms with Crippen molar-refractivity contribution < 1.29 is 27.7 Å². The summed E-state index contributed by atoms with van der Waals surface area (Å²) in [5.41, 5.74) is 0.903. The van der Waals surface area contributed by atoms with Gasteiger partial charge in [-0.1, -0.05) is 5.16 Å². The minimum absolute atomic E-state index is 0.107. The van der Waals surface area contributed by atoms with Gasteiger partial charge in [0.25, 0.3) is 5.91 Å². The van der Waals surface area contributed by atoms with Gasteiger partial charge in [-0.3, -0.25) is 9.59 Å². The maximum atomic E-state index is 13.2. The zero-order valence-corrected chi connectivity index (χ0v) is 18.0. The Morgan fingerprint density at radius 1 is 1.03 bits per heavy atom. The third kappa shape index (κ3) is 5.70. The van der Waals surface area contributed by atoms with E-state index in [1.165, 1.54) is 11.2 Å². The predicted octanol–water partition coefficient (Wildman–Crippen LogP) is 3.89. The minimum atomic E-state index is -0.367. The van der Waals surface area contributed by atoms with Crippen LogP contribution in [0.5, 0.6) is 5.75 Å². The van der Waals surface area contributed by atoms with Crippen LogP contribution in [0.4, 0.5) is 0 Å². The van der Waals surface area contributed by atoms with Gasteiger partial charge in [0.15, 0.2) is 11.5 Å². The zero-order valence-electron chi connectivity index (χ0n) is 18.0. The third-order valence-corrected chi connectivity index (χ3v) is 4.97. The second kappa shape index (κ2) is 10.4. The highest BCUT2D eigenvalue weighted by molar-refractivity contribution is 5.93. The zero-order chi connectivity index (χ0) is 23.0. The van der Waals surface area contributed by atoms with Crippen molar-refractivity contribution in [2.24, 2.45) is 0 Å². The van der Waals surface area contributed by atoms with E-state index in [-0.39, 0.29) is 43.6 Å². The number of furan rings is 2. The molecular weight excluding hydrogens is 426 g/mol. The molecule has 0 aliphatic carbocycles. The predicted molar refractivity (Wildman–Crippen MR) is 117 cm³/mol. The van der Waals surface area contributed by atoms with Crippen LogP contribution in [-0.4, -0.2) is 35.5 Å². The summed E-state index contributed by atoms with van der Waals surface area (Å²) < 4.78 is 21.1. The van der Waals surface area contributed by atoms with Crippen LogP contribution in [0.3, 0.4) is 0 Å². The van der Waals surface area contributed by atoms with Crippen LogP contribution in [0.15, 0.2) is 80.5 Å². The van der Waals surface area contributed by atoms with Crippen LogP contribution < -0.4 is 10.1 Å². The van der Waals surface area contributed by atoms with Gasteiger partial charge in [0.1, 0.15) is 17.3 Å². The molecule has 0 aliphatic rings. The second-order valence-corrected chi connectivity index (χ2v) is 7.22. The highest BCUT2D eigenvalue weighted by atomic mass is 16.5. The van der Waals surface area contributed by atoms with E-state index in [4.69, 9.17) is 18.1 Å². The molecule has 0 aliphatic heterocycles. The molecule has 3 heterocycles. The van der Waals surface area contributed by atoms with Crippen molar-refractivity contribution in [1.29, 1.82) is 0 Å². The Hall–Kier alpha value is -4.27. The number of nitrogens with zero attached hydrogens (tertiary/aromatic N) is 2. The lowest BCUT2D eigenvalue weighted by atomic mass is 10.1. The van der Waals surface area contributed by atoms with Crippen molar-refractivity contribution in [3.8, 4) is 17.1 Å². The number of amides is 2. The number of nitrogens with one attached hydrogen (secondary N) is 1. The highest BCUT2D eigenvalue weighted by Crippen LogP contribution is 2.24. The Bertz CT molecular complexity index is 1160. The van der Waals surface area contributed by atoms with Crippen molar-refractivity contribution in [3.63, 3.8) is 0 Å². The van der Waals surface area contributed by atoms with E-state index in [0.29, 0.717) is 23.0 Å². The van der Waals surface area contributed by atoms with Gasteiger partial charge >= 0.3 is 0 Å². The van der Waals surface area contributed by atoms with E-state index >= 15 is 0 Å². The Morgan fingerprint density at radius 3 is 2.42 bits per heavy atom. The molecule has 2 amide bonds. The molecule has 4 rings (SSSR count). The molecule has 0 atom stereocenters. The molecule has 170 valence electrons. The Labute approximate surface area is 189 Å². The van der Waals surface area contributed by atoms with E-state index in [1.54, 1.807) is 55.8 Å². The number of hydrogen-bond acceptors (Lipinski definition) is 7. The summed E-state index contributed by atoms with van der Waals surface area (Å²) in [6, 6.07) is 15.8. The molecule has 9 nitrogen and oxygen atoms in total. The summed E-state index contributed by atoms with van der Waals surface area (Å²) >= 11 is 0. The summed E-state index contributed by atoms with van der Waals surface area (Å²) in [6.07, 6.45) is 3.19. The van der Waals surface area contributed by atoms with Gasteiger partial charge in [0.2, 0.25) is 5.91 Å². The van der Waals surface area contributed by atoms with Gasteiger partial charge in [-0.2, -0.15) is 0 Å². The fraction of sp³-hybridized carbons (Fsp3) is 0.208. The van der Waals surface area contributed by atoms with E-state index in [2.05, 4.69) is 10.5 Å². The number of hydrogen-bond donors (Lipinski definition) is 1. The lowest BCUT2D eigenvalue weighted by molar-refractivity contribution is -0.121. The fourth-order valence-electron chi connectivity index (χ4n) is 3.20. The van der Waals surface area contributed by atoms with E-state index < -0.39 is 0 Å². The topological polar surface area (TPSA) is 111 Å².